The molecule has 0 amide bonds. The number of hydrogen-bond donors (Lipinski definition) is 3. The number of phenols is 2. The number of phenolic OH excluding ortho intramolecular Hbond substituents is 2. The molecule has 3 N–H and O–H groups in total. The molecule has 3 unspecified atom stereocenters. The molecule has 0 aromatic heterocycles. The molecule has 2 aliphatic carbocycles. The number of ketones is 3. The van der Waals surface area contributed by atoms with Gasteiger partial charge in [-0.3, -0.25) is 24.2 Å². The lowest BCUT2D eigenvalue weighted by Crippen LogP contribution is -2.50. The van der Waals surface area contributed by atoms with Crippen LogP contribution in [0.25, 0.3) is 21.5 Å². The summed E-state index contributed by atoms with van der Waals surface area (Å²) in [6, 6.07) is 33.3. The Kier molecular flexibility index (Phi) is 8.19. The van der Waals surface area contributed by atoms with Gasteiger partial charge in [-0.1, -0.05) is 84.9 Å². The van der Waals surface area contributed by atoms with Crippen molar-refractivity contribution in [1.29, 1.82) is 0 Å². The number of fused-ring (bicyclic) bond motifs is 6. The number of ether oxygens (including phenoxy) is 2. The summed E-state index contributed by atoms with van der Waals surface area (Å²) in [4.78, 5) is 51.4. The van der Waals surface area contributed by atoms with Crippen LogP contribution in [0.15, 0.2) is 121 Å². The number of benzene rings is 6. The summed E-state index contributed by atoms with van der Waals surface area (Å²) in [6.45, 7) is 1.21. The molecule has 4 fully saturated rings. The Bertz CT molecular complexity index is 3020. The van der Waals surface area contributed by atoms with Gasteiger partial charge in [-0.2, -0.15) is 0 Å². The molecule has 4 saturated heterocycles. The van der Waals surface area contributed by atoms with Gasteiger partial charge in [-0.25, -0.2) is 0 Å². The smallest absolute Gasteiger partial charge is 0.189 e. The molecule has 6 aliphatic rings. The molecule has 63 heavy (non-hydrogen) atoms. The van der Waals surface area contributed by atoms with Crippen molar-refractivity contribution in [1.82, 2.24) is 9.80 Å². The van der Waals surface area contributed by atoms with Crippen molar-refractivity contribution in [2.75, 3.05) is 27.3 Å². The van der Waals surface area contributed by atoms with Gasteiger partial charge in [0.25, 0.3) is 0 Å². The van der Waals surface area contributed by atoms with Crippen molar-refractivity contribution in [2.24, 2.45) is 11.8 Å². The predicted octanol–water partition coefficient (Wildman–Crippen LogP) is 8.67. The van der Waals surface area contributed by atoms with Crippen LogP contribution in [0, 0.1) is 11.8 Å². The molecule has 0 saturated carbocycles. The lowest BCUT2D eigenvalue weighted by molar-refractivity contribution is -0.119. The van der Waals surface area contributed by atoms with E-state index >= 15 is 14.4 Å². The zero-order valence-electron chi connectivity index (χ0n) is 35.0. The lowest BCUT2D eigenvalue weighted by atomic mass is 9.67. The van der Waals surface area contributed by atoms with Gasteiger partial charge in [0.05, 0.1) is 20.1 Å². The highest BCUT2D eigenvalue weighted by molar-refractivity contribution is 6.22. The number of carbonyl (C=O) groups is 3. The Morgan fingerprint density at radius 1 is 0.667 bits per heavy atom. The van der Waals surface area contributed by atoms with Crippen molar-refractivity contribution in [3.05, 3.63) is 154 Å². The summed E-state index contributed by atoms with van der Waals surface area (Å²) in [6.07, 6.45) is 4.42. The number of aliphatic hydroxyl groups is 1. The minimum atomic E-state index is -1.33. The molecule has 6 aromatic rings. The van der Waals surface area contributed by atoms with E-state index in [0.717, 1.165) is 57.5 Å². The molecule has 4 aliphatic heterocycles. The highest BCUT2D eigenvalue weighted by Crippen LogP contribution is 2.66. The normalized spacial score (nSPS) is 29.5. The van der Waals surface area contributed by atoms with Gasteiger partial charge in [0.2, 0.25) is 0 Å². The fourth-order valence-electron chi connectivity index (χ4n) is 13.8. The third kappa shape index (κ3) is 4.72. The molecule has 8 atom stereocenters. The molecule has 6 aromatic carbocycles. The fraction of sp³-hybridized carbons (Fsp3) is 0.302. The SMILES string of the molecule is COc1cc(C2C3CCCN3[C@@]3(C(=O)c4cccc5cccc3c45)C2/C(O)=C/C(=O)[C@H]2[C@H]3CCCN3[C@]3(C(=O)c4cccc5cccc3c45)[C@@H]2c2ccc(O)c(OC)c2)ccc1O. The van der Waals surface area contributed by atoms with E-state index in [9.17, 15) is 15.3 Å². The van der Waals surface area contributed by atoms with E-state index in [1.807, 2.05) is 78.9 Å². The van der Waals surface area contributed by atoms with Gasteiger partial charge < -0.3 is 24.8 Å². The molecule has 10 nitrogen and oxygen atoms in total. The van der Waals surface area contributed by atoms with Gasteiger partial charge >= 0.3 is 0 Å². The van der Waals surface area contributed by atoms with Crippen LogP contribution in [-0.2, 0) is 15.9 Å². The maximum absolute atomic E-state index is 15.8. The van der Waals surface area contributed by atoms with Crippen LogP contribution >= 0.6 is 0 Å². The molecule has 2 spiro atoms. The summed E-state index contributed by atoms with van der Waals surface area (Å²) < 4.78 is 11.3. The minimum absolute atomic E-state index is 0.0228. The average Bonchev–Trinajstić information content (AvgIpc) is 4.15. The zero-order chi connectivity index (χ0) is 43.1. The standard InChI is InChI=1S/C53H46N2O8/c1-62-42-25-30(19-21-38(42)56)46-36-17-7-23-54(36)53(35-16-6-12-29-10-4-14-33(45(29)35)51(53)61)49(46)41(59)27-40(58)47-37-18-8-24-55(37)52(48(47)31-20-22-39(57)43(26-31)63-2)34-15-5-11-28-9-3-13-32(44(28)34)50(52)60/h3-6,9-16,19-22,25-27,36-37,46-49,56-57,59H,7-8,17-18,23-24H2,1-2H3/b41-27-/t36?,37-,46?,47-,48-,49?,52+,53-/m1/s1. The van der Waals surface area contributed by atoms with Crippen molar-refractivity contribution >= 4 is 38.9 Å². The average molecular weight is 839 g/mol. The van der Waals surface area contributed by atoms with E-state index < -0.39 is 34.7 Å². The summed E-state index contributed by atoms with van der Waals surface area (Å²) in [5.74, 6) is -3.19. The Labute approximate surface area is 364 Å². The first-order chi connectivity index (χ1) is 30.7. The second-order valence-electron chi connectivity index (χ2n) is 18.3. The monoisotopic (exact) mass is 838 g/mol. The number of carbonyl (C=O) groups excluding carboxylic acids is 3. The Hall–Kier alpha value is -6.49. The molecule has 10 heteroatoms. The number of nitrogens with zero attached hydrogens (tertiary/aromatic N) is 2. The largest absolute Gasteiger partial charge is 0.512 e. The summed E-state index contributed by atoms with van der Waals surface area (Å²) in [5, 5.41) is 38.4. The first-order valence-electron chi connectivity index (χ1n) is 22.0. The van der Waals surface area contributed by atoms with Crippen molar-refractivity contribution in [3.8, 4) is 23.0 Å². The van der Waals surface area contributed by atoms with Crippen molar-refractivity contribution < 1.29 is 39.2 Å². The van der Waals surface area contributed by atoms with Crippen LogP contribution in [0.5, 0.6) is 23.0 Å². The van der Waals surface area contributed by atoms with Crippen molar-refractivity contribution in [2.45, 2.75) is 60.7 Å². The third-order valence-corrected chi connectivity index (χ3v) is 15.9. The van der Waals surface area contributed by atoms with Crippen LogP contribution in [0.4, 0.5) is 0 Å². The van der Waals surface area contributed by atoms with Crippen molar-refractivity contribution in [3.63, 3.8) is 0 Å². The number of hydrogen-bond acceptors (Lipinski definition) is 10. The predicted molar refractivity (Wildman–Crippen MR) is 237 cm³/mol. The highest BCUT2D eigenvalue weighted by Gasteiger charge is 2.70. The Morgan fingerprint density at radius 3 is 1.78 bits per heavy atom. The number of Topliss-reactive ketones (excluding diaryl/α,β-unsaturated/α-hetero) is 2. The minimum Gasteiger partial charge on any atom is -0.512 e. The van der Waals surface area contributed by atoms with E-state index in [4.69, 9.17) is 9.47 Å². The Balaban J connectivity index is 1.08. The number of aromatic hydroxyl groups is 2. The number of allylic oxidation sites excluding steroid dienone is 1. The van der Waals surface area contributed by atoms with E-state index in [2.05, 4.69) is 9.80 Å². The third-order valence-electron chi connectivity index (χ3n) is 15.9. The molecule has 0 bridgehead atoms. The van der Waals surface area contributed by atoms with Gasteiger partial charge in [0, 0.05) is 47.0 Å². The van der Waals surface area contributed by atoms with Crippen LogP contribution in [-0.4, -0.2) is 81.9 Å². The molecular weight excluding hydrogens is 793 g/mol. The topological polar surface area (TPSA) is 137 Å². The number of methoxy groups -OCH3 is 2. The van der Waals surface area contributed by atoms with Crippen LogP contribution in [0.2, 0.25) is 0 Å². The lowest BCUT2D eigenvalue weighted by Gasteiger charge is -2.39. The summed E-state index contributed by atoms with van der Waals surface area (Å²) in [5.41, 5.74) is 1.75. The van der Waals surface area contributed by atoms with E-state index in [1.54, 1.807) is 30.3 Å². The molecule has 316 valence electrons. The fourth-order valence-corrected chi connectivity index (χ4v) is 13.8. The first kappa shape index (κ1) is 38.2. The van der Waals surface area contributed by atoms with Gasteiger partial charge in [0.1, 0.15) is 16.8 Å². The van der Waals surface area contributed by atoms with Gasteiger partial charge in [-0.05, 0) is 107 Å². The number of rotatable bonds is 7. The zero-order valence-corrected chi connectivity index (χ0v) is 35.0. The highest BCUT2D eigenvalue weighted by atomic mass is 16.5. The van der Waals surface area contributed by atoms with E-state index in [0.29, 0.717) is 36.2 Å². The van der Waals surface area contributed by atoms with Crippen LogP contribution in [0.1, 0.15) is 80.5 Å². The quantitative estimate of drug-likeness (QED) is 0.106. The second-order valence-corrected chi connectivity index (χ2v) is 18.3. The maximum atomic E-state index is 15.8. The van der Waals surface area contributed by atoms with Crippen LogP contribution < -0.4 is 9.47 Å². The number of aliphatic hydroxyl groups excluding tert-OH is 1. The molecule has 4 heterocycles. The van der Waals surface area contributed by atoms with Gasteiger partial charge in [0.15, 0.2) is 40.3 Å². The molecular formula is C53H46N2O8. The van der Waals surface area contributed by atoms with Gasteiger partial charge in [-0.15, -0.1) is 0 Å². The maximum Gasteiger partial charge on any atom is 0.189 e. The second kappa shape index (κ2) is 13.5. The molecule has 12 rings (SSSR count). The first-order valence-corrected chi connectivity index (χ1v) is 22.0. The summed E-state index contributed by atoms with van der Waals surface area (Å²) in [7, 11) is 2.98. The van der Waals surface area contributed by atoms with E-state index in [-0.39, 0.29) is 58.2 Å². The van der Waals surface area contributed by atoms with Crippen LogP contribution in [0.3, 0.4) is 0 Å². The summed E-state index contributed by atoms with van der Waals surface area (Å²) >= 11 is 0. The molecule has 0 radical (unpaired) electrons. The van der Waals surface area contributed by atoms with E-state index in [1.165, 1.54) is 20.3 Å². The Morgan fingerprint density at radius 2 is 1.17 bits per heavy atom.